The molecule has 4 heteroatoms. The van der Waals surface area contributed by atoms with Crippen LogP contribution in [0.1, 0.15) is 24.1 Å². The highest BCUT2D eigenvalue weighted by Crippen LogP contribution is 2.14. The minimum Gasteiger partial charge on any atom is -0.480 e. The molecule has 0 fully saturated rings. The molecule has 1 rings (SSSR count). The molecule has 0 saturated carbocycles. The lowest BCUT2D eigenvalue weighted by Crippen LogP contribution is -2.28. The number of likely N-dealkylation sites (N-methyl/N-ethyl adjacent to an activating group) is 1. The van der Waals surface area contributed by atoms with E-state index in [1.807, 2.05) is 19.1 Å². The van der Waals surface area contributed by atoms with Crippen molar-refractivity contribution in [3.05, 3.63) is 35.4 Å². The van der Waals surface area contributed by atoms with Gasteiger partial charge in [0.2, 0.25) is 0 Å². The van der Waals surface area contributed by atoms with Crippen molar-refractivity contribution in [3.63, 3.8) is 0 Å². The van der Waals surface area contributed by atoms with Gasteiger partial charge in [-0.05, 0) is 17.7 Å². The Labute approximate surface area is 89.1 Å². The molecule has 1 unspecified atom stereocenters. The van der Waals surface area contributed by atoms with Crippen LogP contribution in [0.4, 0.5) is 0 Å². The molecule has 4 nitrogen and oxygen atoms in total. The highest BCUT2D eigenvalue weighted by atomic mass is 16.4. The summed E-state index contributed by atoms with van der Waals surface area (Å²) >= 11 is 0. The lowest BCUT2D eigenvalue weighted by molar-refractivity contribution is -0.139. The van der Waals surface area contributed by atoms with Crippen LogP contribution in [-0.4, -0.2) is 17.6 Å². The van der Waals surface area contributed by atoms with Gasteiger partial charge in [0.15, 0.2) is 0 Å². The van der Waals surface area contributed by atoms with Gasteiger partial charge in [0.1, 0.15) is 6.04 Å². The first-order valence-corrected chi connectivity index (χ1v) is 4.94. The summed E-state index contributed by atoms with van der Waals surface area (Å²) in [5, 5.41) is 11.9. The van der Waals surface area contributed by atoms with Gasteiger partial charge in [-0.15, -0.1) is 0 Å². The third-order valence-electron chi connectivity index (χ3n) is 2.20. The highest BCUT2D eigenvalue weighted by Gasteiger charge is 2.17. The molecule has 0 aliphatic carbocycles. The van der Waals surface area contributed by atoms with Crippen LogP contribution in [0.15, 0.2) is 24.3 Å². The van der Waals surface area contributed by atoms with Crippen molar-refractivity contribution in [1.82, 2.24) is 5.32 Å². The van der Waals surface area contributed by atoms with Gasteiger partial charge in [-0.1, -0.05) is 31.2 Å². The summed E-state index contributed by atoms with van der Waals surface area (Å²) in [7, 11) is 0. The van der Waals surface area contributed by atoms with E-state index in [4.69, 9.17) is 10.8 Å². The summed E-state index contributed by atoms with van der Waals surface area (Å²) in [6, 6.07) is 6.65. The van der Waals surface area contributed by atoms with Gasteiger partial charge < -0.3 is 16.2 Å². The SMILES string of the molecule is CCNC(C(=O)O)c1ccc(CN)cc1. The van der Waals surface area contributed by atoms with Crippen molar-refractivity contribution >= 4 is 5.97 Å². The Morgan fingerprint density at radius 1 is 1.47 bits per heavy atom. The van der Waals surface area contributed by atoms with Crippen LogP contribution in [0, 0.1) is 0 Å². The molecule has 0 radical (unpaired) electrons. The lowest BCUT2D eigenvalue weighted by Gasteiger charge is -2.13. The fourth-order valence-corrected chi connectivity index (χ4v) is 1.40. The third-order valence-corrected chi connectivity index (χ3v) is 2.20. The van der Waals surface area contributed by atoms with Gasteiger partial charge in [-0.2, -0.15) is 0 Å². The number of rotatable bonds is 5. The first-order chi connectivity index (χ1) is 7.19. The summed E-state index contributed by atoms with van der Waals surface area (Å²) in [4.78, 5) is 11.0. The number of benzene rings is 1. The summed E-state index contributed by atoms with van der Waals surface area (Å²) in [6.45, 7) is 2.97. The first-order valence-electron chi connectivity index (χ1n) is 4.94. The molecule has 1 aromatic carbocycles. The number of hydrogen-bond acceptors (Lipinski definition) is 3. The normalized spacial score (nSPS) is 12.4. The van der Waals surface area contributed by atoms with E-state index in [0.717, 1.165) is 11.1 Å². The van der Waals surface area contributed by atoms with E-state index in [-0.39, 0.29) is 0 Å². The minimum absolute atomic E-state index is 0.471. The van der Waals surface area contributed by atoms with E-state index >= 15 is 0 Å². The quantitative estimate of drug-likeness (QED) is 0.671. The zero-order chi connectivity index (χ0) is 11.3. The molecule has 0 bridgehead atoms. The molecule has 82 valence electrons. The van der Waals surface area contributed by atoms with E-state index in [0.29, 0.717) is 13.1 Å². The molecule has 1 aromatic rings. The smallest absolute Gasteiger partial charge is 0.325 e. The van der Waals surface area contributed by atoms with Crippen LogP contribution < -0.4 is 11.1 Å². The Morgan fingerprint density at radius 3 is 2.47 bits per heavy atom. The zero-order valence-electron chi connectivity index (χ0n) is 8.73. The van der Waals surface area contributed by atoms with Crippen molar-refractivity contribution < 1.29 is 9.90 Å². The van der Waals surface area contributed by atoms with Crippen LogP contribution in [-0.2, 0) is 11.3 Å². The predicted molar refractivity (Wildman–Crippen MR) is 58.4 cm³/mol. The summed E-state index contributed by atoms with van der Waals surface area (Å²) < 4.78 is 0. The van der Waals surface area contributed by atoms with E-state index in [9.17, 15) is 4.79 Å². The molecule has 0 spiro atoms. The standard InChI is InChI=1S/C11H16N2O2/c1-2-13-10(11(14)15)9-5-3-8(7-12)4-6-9/h3-6,10,13H,2,7,12H2,1H3,(H,14,15). The summed E-state index contributed by atoms with van der Waals surface area (Å²) in [6.07, 6.45) is 0. The number of carbonyl (C=O) groups is 1. The van der Waals surface area contributed by atoms with Crippen molar-refractivity contribution in [3.8, 4) is 0 Å². The van der Waals surface area contributed by atoms with Gasteiger partial charge in [-0.3, -0.25) is 4.79 Å². The number of nitrogens with one attached hydrogen (secondary N) is 1. The largest absolute Gasteiger partial charge is 0.480 e. The maximum atomic E-state index is 11.0. The van der Waals surface area contributed by atoms with E-state index in [1.165, 1.54) is 0 Å². The van der Waals surface area contributed by atoms with Gasteiger partial charge in [0.25, 0.3) is 0 Å². The molecular weight excluding hydrogens is 192 g/mol. The molecular formula is C11H16N2O2. The number of aliphatic carboxylic acids is 1. The van der Waals surface area contributed by atoms with Crippen molar-refractivity contribution in [2.24, 2.45) is 5.73 Å². The van der Waals surface area contributed by atoms with E-state index in [2.05, 4.69) is 5.32 Å². The van der Waals surface area contributed by atoms with Crippen molar-refractivity contribution in [2.75, 3.05) is 6.54 Å². The number of carboxylic acids is 1. The molecule has 15 heavy (non-hydrogen) atoms. The van der Waals surface area contributed by atoms with Crippen LogP contribution in [0.2, 0.25) is 0 Å². The third kappa shape index (κ3) is 3.04. The maximum Gasteiger partial charge on any atom is 0.325 e. The van der Waals surface area contributed by atoms with Crippen molar-refractivity contribution in [1.29, 1.82) is 0 Å². The Balaban J connectivity index is 2.86. The first kappa shape index (κ1) is 11.7. The summed E-state index contributed by atoms with van der Waals surface area (Å²) in [5.74, 6) is -0.864. The van der Waals surface area contributed by atoms with Gasteiger partial charge in [0.05, 0.1) is 0 Å². The fraction of sp³-hybridized carbons (Fsp3) is 0.364. The van der Waals surface area contributed by atoms with Gasteiger partial charge in [0, 0.05) is 6.54 Å². The van der Waals surface area contributed by atoms with Crippen LogP contribution in [0.25, 0.3) is 0 Å². The molecule has 0 saturated heterocycles. The number of carboxylic acid groups (broad SMARTS) is 1. The second-order valence-electron chi connectivity index (χ2n) is 3.27. The zero-order valence-corrected chi connectivity index (χ0v) is 8.73. The predicted octanol–water partition coefficient (Wildman–Crippen LogP) is 0.881. The number of hydrogen-bond donors (Lipinski definition) is 3. The molecule has 0 heterocycles. The lowest BCUT2D eigenvalue weighted by atomic mass is 10.0. The van der Waals surface area contributed by atoms with E-state index < -0.39 is 12.0 Å². The molecule has 0 amide bonds. The summed E-state index contributed by atoms with van der Waals surface area (Å²) in [5.41, 5.74) is 7.21. The fourth-order valence-electron chi connectivity index (χ4n) is 1.40. The average Bonchev–Trinajstić information content (AvgIpc) is 2.26. The minimum atomic E-state index is -0.864. The van der Waals surface area contributed by atoms with Gasteiger partial charge in [-0.25, -0.2) is 0 Å². The highest BCUT2D eigenvalue weighted by molar-refractivity contribution is 5.75. The van der Waals surface area contributed by atoms with Crippen LogP contribution in [0.5, 0.6) is 0 Å². The Morgan fingerprint density at radius 2 is 2.07 bits per heavy atom. The molecule has 4 N–H and O–H groups in total. The molecule has 0 aliphatic heterocycles. The van der Waals surface area contributed by atoms with E-state index in [1.54, 1.807) is 12.1 Å². The topological polar surface area (TPSA) is 75.3 Å². The van der Waals surface area contributed by atoms with Crippen LogP contribution >= 0.6 is 0 Å². The van der Waals surface area contributed by atoms with Crippen molar-refractivity contribution in [2.45, 2.75) is 19.5 Å². The second-order valence-corrected chi connectivity index (χ2v) is 3.27. The average molecular weight is 208 g/mol. The second kappa shape index (κ2) is 5.48. The maximum absolute atomic E-state index is 11.0. The molecule has 1 atom stereocenters. The van der Waals surface area contributed by atoms with Gasteiger partial charge >= 0.3 is 5.97 Å². The monoisotopic (exact) mass is 208 g/mol. The Bertz CT molecular complexity index is 322. The Hall–Kier alpha value is -1.39. The number of nitrogens with two attached hydrogens (primary N) is 1. The molecule has 0 aromatic heterocycles. The van der Waals surface area contributed by atoms with Crippen LogP contribution in [0.3, 0.4) is 0 Å². The Kier molecular flexibility index (Phi) is 4.27. The molecule has 0 aliphatic rings.